The molecular formula is C27H27N3O5. The highest BCUT2D eigenvalue weighted by Gasteiger charge is 2.27. The second-order valence-corrected chi connectivity index (χ2v) is 8.16. The molecule has 0 radical (unpaired) electrons. The first-order chi connectivity index (χ1) is 17.2. The number of aromatic nitrogens is 1. The molecule has 0 N–H and O–H groups in total. The zero-order valence-electron chi connectivity index (χ0n) is 19.8. The van der Waals surface area contributed by atoms with Gasteiger partial charge in [-0.2, -0.15) is 0 Å². The van der Waals surface area contributed by atoms with Crippen molar-refractivity contribution in [2.45, 2.75) is 26.9 Å². The predicted molar refractivity (Wildman–Crippen MR) is 130 cm³/mol. The number of furan rings is 1. The largest absolute Gasteiger partial charge is 0.467 e. The zero-order valence-corrected chi connectivity index (χ0v) is 19.8. The lowest BCUT2D eigenvalue weighted by molar-refractivity contribution is 0.0717. The van der Waals surface area contributed by atoms with E-state index in [1.54, 1.807) is 29.4 Å². The first-order valence-electron chi connectivity index (χ1n) is 11.7. The molecule has 180 valence electrons. The number of nitrogens with zero attached hydrogens (tertiary/aromatic N) is 3. The summed E-state index contributed by atoms with van der Waals surface area (Å²) < 4.78 is 22.3. The minimum atomic E-state index is -0.162. The van der Waals surface area contributed by atoms with Gasteiger partial charge in [0.05, 0.1) is 24.9 Å². The Bertz CT molecular complexity index is 1280. The maximum atomic E-state index is 13.8. The number of amides is 1. The number of carbonyl (C=O) groups excluding carboxylic acids is 1. The number of benzene rings is 2. The molecule has 5 rings (SSSR count). The maximum absolute atomic E-state index is 13.8. The van der Waals surface area contributed by atoms with Crippen LogP contribution in [0.1, 0.15) is 35.5 Å². The van der Waals surface area contributed by atoms with Crippen LogP contribution in [-0.2, 0) is 13.1 Å². The van der Waals surface area contributed by atoms with E-state index in [2.05, 4.69) is 23.9 Å². The number of anilines is 1. The van der Waals surface area contributed by atoms with Gasteiger partial charge in [0.15, 0.2) is 11.5 Å². The van der Waals surface area contributed by atoms with E-state index < -0.39 is 0 Å². The molecule has 0 atom stereocenters. The number of ether oxygens (including phenoxy) is 2. The average Bonchev–Trinajstić information content (AvgIpc) is 3.66. The lowest BCUT2D eigenvalue weighted by atomic mass is 10.1. The van der Waals surface area contributed by atoms with E-state index in [1.165, 1.54) is 0 Å². The Morgan fingerprint density at radius 1 is 0.943 bits per heavy atom. The third-order valence-corrected chi connectivity index (χ3v) is 6.05. The van der Waals surface area contributed by atoms with Gasteiger partial charge >= 0.3 is 0 Å². The Kier molecular flexibility index (Phi) is 6.43. The van der Waals surface area contributed by atoms with Crippen molar-refractivity contribution in [1.29, 1.82) is 0 Å². The van der Waals surface area contributed by atoms with Gasteiger partial charge in [-0.1, -0.05) is 35.5 Å². The molecule has 1 aliphatic heterocycles. The van der Waals surface area contributed by atoms with Gasteiger partial charge in [-0.05, 0) is 44.2 Å². The summed E-state index contributed by atoms with van der Waals surface area (Å²) in [4.78, 5) is 17.6. The Morgan fingerprint density at radius 3 is 2.49 bits per heavy atom. The molecule has 0 saturated carbocycles. The summed E-state index contributed by atoms with van der Waals surface area (Å²) in [6.45, 7) is 6.36. The number of hydrogen-bond donors (Lipinski definition) is 0. The van der Waals surface area contributed by atoms with Crippen molar-refractivity contribution in [3.8, 4) is 22.8 Å². The summed E-state index contributed by atoms with van der Waals surface area (Å²) in [6.07, 6.45) is 1.61. The van der Waals surface area contributed by atoms with Gasteiger partial charge in [0, 0.05) is 24.2 Å². The minimum absolute atomic E-state index is 0.150. The Morgan fingerprint density at radius 2 is 1.74 bits per heavy atom. The number of carbonyl (C=O) groups is 1. The van der Waals surface area contributed by atoms with E-state index in [9.17, 15) is 4.79 Å². The Balaban J connectivity index is 1.55. The fourth-order valence-electron chi connectivity index (χ4n) is 4.22. The maximum Gasteiger partial charge on any atom is 0.254 e. The van der Waals surface area contributed by atoms with Crippen molar-refractivity contribution < 1.29 is 23.2 Å². The molecule has 8 heteroatoms. The molecule has 2 aromatic heterocycles. The second-order valence-electron chi connectivity index (χ2n) is 8.16. The van der Waals surface area contributed by atoms with E-state index in [0.29, 0.717) is 28.7 Å². The molecule has 35 heavy (non-hydrogen) atoms. The summed E-state index contributed by atoms with van der Waals surface area (Å²) in [5.41, 5.74) is 3.00. The van der Waals surface area contributed by atoms with Crippen LogP contribution in [0.2, 0.25) is 0 Å². The highest BCUT2D eigenvalue weighted by Crippen LogP contribution is 2.35. The molecule has 0 unspecified atom stereocenters. The number of hydrogen-bond acceptors (Lipinski definition) is 7. The van der Waals surface area contributed by atoms with Gasteiger partial charge in [-0.25, -0.2) is 0 Å². The fourth-order valence-corrected chi connectivity index (χ4v) is 4.22. The molecule has 0 spiro atoms. The Hall–Kier alpha value is -4.20. The molecule has 8 nitrogen and oxygen atoms in total. The van der Waals surface area contributed by atoms with E-state index in [-0.39, 0.29) is 25.8 Å². The topological polar surface area (TPSA) is 81.2 Å². The van der Waals surface area contributed by atoms with Crippen LogP contribution < -0.4 is 14.4 Å². The van der Waals surface area contributed by atoms with Crippen LogP contribution in [0, 0.1) is 0 Å². The van der Waals surface area contributed by atoms with Gasteiger partial charge in [0.1, 0.15) is 11.5 Å². The monoisotopic (exact) mass is 473 g/mol. The van der Waals surface area contributed by atoms with Crippen LogP contribution in [0.15, 0.2) is 75.9 Å². The normalized spacial score (nSPS) is 12.1. The van der Waals surface area contributed by atoms with Gasteiger partial charge in [-0.3, -0.25) is 4.79 Å². The molecule has 1 amide bonds. The number of rotatable bonds is 9. The summed E-state index contributed by atoms with van der Waals surface area (Å²) in [6, 6.07) is 18.8. The van der Waals surface area contributed by atoms with Gasteiger partial charge in [0.25, 0.3) is 5.91 Å². The highest BCUT2D eigenvalue weighted by atomic mass is 16.7. The van der Waals surface area contributed by atoms with Crippen molar-refractivity contribution in [2.24, 2.45) is 0 Å². The van der Waals surface area contributed by atoms with E-state index in [4.69, 9.17) is 18.4 Å². The zero-order chi connectivity index (χ0) is 24.2. The Labute approximate surface area is 203 Å². The summed E-state index contributed by atoms with van der Waals surface area (Å²) in [7, 11) is 0. The van der Waals surface area contributed by atoms with Gasteiger partial charge in [0.2, 0.25) is 12.7 Å². The van der Waals surface area contributed by atoms with Crippen LogP contribution >= 0.6 is 0 Å². The molecular weight excluding hydrogens is 446 g/mol. The van der Waals surface area contributed by atoms with Crippen LogP contribution in [0.4, 0.5) is 5.88 Å². The summed E-state index contributed by atoms with van der Waals surface area (Å²) in [5, 5.41) is 4.42. The SMILES string of the molecule is CCN(CC)c1onc(-c2ccccc2)c1CN(Cc1ccco1)C(=O)c1ccc2c(c1)OCO2. The third kappa shape index (κ3) is 4.59. The lowest BCUT2D eigenvalue weighted by Crippen LogP contribution is -2.31. The predicted octanol–water partition coefficient (Wildman–Crippen LogP) is 5.35. The van der Waals surface area contributed by atoms with Crippen molar-refractivity contribution in [1.82, 2.24) is 10.1 Å². The van der Waals surface area contributed by atoms with Crippen LogP contribution in [0.5, 0.6) is 11.5 Å². The van der Waals surface area contributed by atoms with Crippen LogP contribution in [-0.4, -0.2) is 35.8 Å². The minimum Gasteiger partial charge on any atom is -0.467 e. The molecule has 0 bridgehead atoms. The average molecular weight is 474 g/mol. The quantitative estimate of drug-likeness (QED) is 0.324. The smallest absolute Gasteiger partial charge is 0.254 e. The lowest BCUT2D eigenvalue weighted by Gasteiger charge is -2.24. The molecule has 0 saturated heterocycles. The molecule has 4 aromatic rings. The fraction of sp³-hybridized carbons (Fsp3) is 0.259. The highest BCUT2D eigenvalue weighted by molar-refractivity contribution is 5.95. The first kappa shape index (κ1) is 22.6. The molecule has 3 heterocycles. The van der Waals surface area contributed by atoms with Crippen molar-refractivity contribution in [3.05, 3.63) is 83.8 Å². The molecule has 0 fully saturated rings. The molecule has 0 aliphatic carbocycles. The van der Waals surface area contributed by atoms with Crippen molar-refractivity contribution >= 4 is 11.8 Å². The van der Waals surface area contributed by atoms with Gasteiger partial charge < -0.3 is 28.2 Å². The standard InChI is InChI=1S/C27H27N3O5/c1-3-29(4-2)27-22(25(28-35-27)19-9-6-5-7-10-19)17-30(16-21-11-8-14-32-21)26(31)20-12-13-23-24(15-20)34-18-33-23/h5-15H,3-4,16-18H2,1-2H3. The van der Waals surface area contributed by atoms with Crippen LogP contribution in [0.3, 0.4) is 0 Å². The molecule has 1 aliphatic rings. The summed E-state index contributed by atoms with van der Waals surface area (Å²) >= 11 is 0. The third-order valence-electron chi connectivity index (χ3n) is 6.05. The van der Waals surface area contributed by atoms with Crippen LogP contribution in [0.25, 0.3) is 11.3 Å². The van der Waals surface area contributed by atoms with E-state index >= 15 is 0 Å². The van der Waals surface area contributed by atoms with Crippen molar-refractivity contribution in [3.63, 3.8) is 0 Å². The second kappa shape index (κ2) is 9.97. The van der Waals surface area contributed by atoms with E-state index in [0.717, 1.165) is 29.9 Å². The van der Waals surface area contributed by atoms with E-state index in [1.807, 2.05) is 42.5 Å². The summed E-state index contributed by atoms with van der Waals surface area (Å²) in [5.74, 6) is 2.38. The van der Waals surface area contributed by atoms with Gasteiger partial charge in [-0.15, -0.1) is 0 Å². The van der Waals surface area contributed by atoms with Crippen molar-refractivity contribution in [2.75, 3.05) is 24.8 Å². The first-order valence-corrected chi connectivity index (χ1v) is 11.7. The molecule has 2 aromatic carbocycles. The number of fused-ring (bicyclic) bond motifs is 1.